The monoisotopic (exact) mass is 487 g/mol. The largest absolute Gasteiger partial charge is 0.454 e. The highest BCUT2D eigenvalue weighted by atomic mass is 127. The number of aliphatic imine (C=N–C) groups is 1. The van der Waals surface area contributed by atoms with Crippen LogP contribution in [0.3, 0.4) is 0 Å². The molecule has 0 radical (unpaired) electrons. The van der Waals surface area contributed by atoms with Gasteiger partial charge in [0, 0.05) is 31.3 Å². The van der Waals surface area contributed by atoms with Crippen molar-refractivity contribution >= 4 is 29.9 Å². The SMILES string of the molecule is CCNC(=NCc1cc2c(cc1OC(F)F)OCO2)NCC(C)CO.I. The minimum absolute atomic E-state index is 0. The Balaban J connectivity index is 0.00000338. The first-order valence-electron chi connectivity index (χ1n) is 8.03. The first-order valence-corrected chi connectivity index (χ1v) is 8.03. The van der Waals surface area contributed by atoms with Gasteiger partial charge in [-0.2, -0.15) is 8.78 Å². The highest BCUT2D eigenvalue weighted by Crippen LogP contribution is 2.38. The summed E-state index contributed by atoms with van der Waals surface area (Å²) in [6.07, 6.45) is 0. The number of aliphatic hydroxyl groups is 1. The molecule has 1 aliphatic heterocycles. The number of guanidine groups is 1. The maximum atomic E-state index is 12.6. The average molecular weight is 487 g/mol. The van der Waals surface area contributed by atoms with Crippen LogP contribution in [0.1, 0.15) is 19.4 Å². The lowest BCUT2D eigenvalue weighted by Crippen LogP contribution is -2.39. The molecule has 0 aromatic heterocycles. The molecule has 0 amide bonds. The van der Waals surface area contributed by atoms with E-state index in [2.05, 4.69) is 20.4 Å². The van der Waals surface area contributed by atoms with Gasteiger partial charge in [0.25, 0.3) is 0 Å². The molecule has 0 fully saturated rings. The third-order valence-electron chi connectivity index (χ3n) is 3.45. The topological polar surface area (TPSA) is 84.3 Å². The van der Waals surface area contributed by atoms with Gasteiger partial charge in [0.05, 0.1) is 6.54 Å². The van der Waals surface area contributed by atoms with Crippen LogP contribution in [-0.4, -0.2) is 44.2 Å². The number of ether oxygens (including phenoxy) is 3. The molecule has 0 saturated carbocycles. The van der Waals surface area contributed by atoms with Gasteiger partial charge in [-0.3, -0.25) is 0 Å². The van der Waals surface area contributed by atoms with Crippen LogP contribution in [0.25, 0.3) is 0 Å². The highest BCUT2D eigenvalue weighted by Gasteiger charge is 2.20. The second-order valence-electron chi connectivity index (χ2n) is 5.56. The molecular weight excluding hydrogens is 463 g/mol. The maximum absolute atomic E-state index is 12.6. The van der Waals surface area contributed by atoms with E-state index in [9.17, 15) is 8.78 Å². The molecule has 148 valence electrons. The first kappa shape index (κ1) is 22.5. The number of halogens is 3. The van der Waals surface area contributed by atoms with E-state index in [-0.39, 0.29) is 55.6 Å². The third kappa shape index (κ3) is 6.63. The fourth-order valence-corrected chi connectivity index (χ4v) is 2.14. The van der Waals surface area contributed by atoms with E-state index in [1.54, 1.807) is 6.07 Å². The Morgan fingerprint density at radius 1 is 1.31 bits per heavy atom. The van der Waals surface area contributed by atoms with Gasteiger partial charge in [-0.1, -0.05) is 6.92 Å². The predicted octanol–water partition coefficient (Wildman–Crippen LogP) is 2.32. The van der Waals surface area contributed by atoms with Crippen molar-refractivity contribution in [3.63, 3.8) is 0 Å². The number of hydrogen-bond acceptors (Lipinski definition) is 5. The van der Waals surface area contributed by atoms with Crippen molar-refractivity contribution in [1.82, 2.24) is 10.6 Å². The van der Waals surface area contributed by atoms with Crippen LogP contribution < -0.4 is 24.8 Å². The molecule has 3 N–H and O–H groups in total. The summed E-state index contributed by atoms with van der Waals surface area (Å²) in [5, 5.41) is 15.2. The highest BCUT2D eigenvalue weighted by molar-refractivity contribution is 14.0. The molecule has 1 aromatic carbocycles. The summed E-state index contributed by atoms with van der Waals surface area (Å²) in [6, 6.07) is 2.97. The fourth-order valence-electron chi connectivity index (χ4n) is 2.14. The predicted molar refractivity (Wildman–Crippen MR) is 104 cm³/mol. The van der Waals surface area contributed by atoms with Gasteiger partial charge in [-0.05, 0) is 18.9 Å². The second kappa shape index (κ2) is 11.2. The Morgan fingerprint density at radius 3 is 2.62 bits per heavy atom. The summed E-state index contributed by atoms with van der Waals surface area (Å²) in [5.74, 6) is 1.42. The van der Waals surface area contributed by atoms with Crippen LogP contribution in [0.4, 0.5) is 8.78 Å². The first-order chi connectivity index (χ1) is 12.0. The summed E-state index contributed by atoms with van der Waals surface area (Å²) in [6.45, 7) is 2.24. The number of hydrogen-bond donors (Lipinski definition) is 3. The van der Waals surface area contributed by atoms with E-state index < -0.39 is 6.61 Å². The average Bonchev–Trinajstić information content (AvgIpc) is 3.03. The summed E-state index contributed by atoms with van der Waals surface area (Å²) in [4.78, 5) is 4.37. The molecule has 0 saturated heterocycles. The lowest BCUT2D eigenvalue weighted by Gasteiger charge is -2.15. The normalized spacial score (nSPS) is 14.0. The molecule has 1 aromatic rings. The van der Waals surface area contributed by atoms with E-state index in [1.165, 1.54) is 6.07 Å². The molecule has 1 heterocycles. The number of aliphatic hydroxyl groups excluding tert-OH is 1. The Hall–Kier alpha value is -1.56. The summed E-state index contributed by atoms with van der Waals surface area (Å²) in [7, 11) is 0. The Kier molecular flexibility index (Phi) is 9.70. The molecule has 1 aliphatic rings. The minimum atomic E-state index is -2.94. The van der Waals surface area contributed by atoms with Crippen molar-refractivity contribution in [1.29, 1.82) is 0 Å². The number of benzene rings is 1. The van der Waals surface area contributed by atoms with Crippen LogP contribution in [0, 0.1) is 5.92 Å². The van der Waals surface area contributed by atoms with E-state index in [0.29, 0.717) is 36.1 Å². The minimum Gasteiger partial charge on any atom is -0.454 e. The van der Waals surface area contributed by atoms with Crippen LogP contribution in [0.2, 0.25) is 0 Å². The van der Waals surface area contributed by atoms with Gasteiger partial charge in [0.2, 0.25) is 6.79 Å². The van der Waals surface area contributed by atoms with Crippen LogP contribution in [0.15, 0.2) is 17.1 Å². The number of fused-ring (bicyclic) bond motifs is 1. The molecule has 1 unspecified atom stereocenters. The zero-order chi connectivity index (χ0) is 18.2. The van der Waals surface area contributed by atoms with Crippen LogP contribution in [-0.2, 0) is 6.54 Å². The van der Waals surface area contributed by atoms with Crippen molar-refractivity contribution in [2.45, 2.75) is 27.0 Å². The Morgan fingerprint density at radius 2 is 2.00 bits per heavy atom. The zero-order valence-electron chi connectivity index (χ0n) is 14.6. The van der Waals surface area contributed by atoms with E-state index in [0.717, 1.165) is 0 Å². The standard InChI is InChI=1S/C16H23F2N3O4.HI/c1-3-19-16(20-6-10(2)8-22)21-7-11-4-13-14(24-9-23-13)5-12(11)25-15(17)18;/h4-5,10,15,22H,3,6-9H2,1-2H3,(H2,19,20,21);1H. The molecule has 0 aliphatic carbocycles. The van der Waals surface area contributed by atoms with Gasteiger partial charge in [-0.15, -0.1) is 24.0 Å². The summed E-state index contributed by atoms with van der Waals surface area (Å²) in [5.41, 5.74) is 0.456. The number of alkyl halides is 2. The second-order valence-corrected chi connectivity index (χ2v) is 5.56. The number of nitrogens with zero attached hydrogens (tertiary/aromatic N) is 1. The van der Waals surface area contributed by atoms with Crippen LogP contribution >= 0.6 is 24.0 Å². The number of rotatable bonds is 8. The molecule has 2 rings (SSSR count). The quantitative estimate of drug-likeness (QED) is 0.297. The van der Waals surface area contributed by atoms with Crippen molar-refractivity contribution in [2.24, 2.45) is 10.9 Å². The van der Waals surface area contributed by atoms with Crippen molar-refractivity contribution in [2.75, 3.05) is 26.5 Å². The van der Waals surface area contributed by atoms with Gasteiger partial charge in [0.15, 0.2) is 17.5 Å². The maximum Gasteiger partial charge on any atom is 0.387 e. The third-order valence-corrected chi connectivity index (χ3v) is 3.45. The Bertz CT molecular complexity index is 605. The van der Waals surface area contributed by atoms with E-state index in [4.69, 9.17) is 14.6 Å². The van der Waals surface area contributed by atoms with Gasteiger partial charge < -0.3 is 30.0 Å². The van der Waals surface area contributed by atoms with Crippen molar-refractivity contribution < 1.29 is 28.1 Å². The summed E-state index contributed by atoms with van der Waals surface area (Å²) >= 11 is 0. The van der Waals surface area contributed by atoms with Crippen molar-refractivity contribution in [3.8, 4) is 17.2 Å². The fraction of sp³-hybridized carbons (Fsp3) is 0.562. The molecule has 0 bridgehead atoms. The lowest BCUT2D eigenvalue weighted by atomic mass is 10.1. The lowest BCUT2D eigenvalue weighted by molar-refractivity contribution is -0.0505. The van der Waals surface area contributed by atoms with E-state index in [1.807, 2.05) is 13.8 Å². The number of nitrogens with one attached hydrogen (secondary N) is 2. The van der Waals surface area contributed by atoms with Crippen LogP contribution in [0.5, 0.6) is 17.2 Å². The molecule has 10 heteroatoms. The van der Waals surface area contributed by atoms with Gasteiger partial charge in [-0.25, -0.2) is 4.99 Å². The molecular formula is C16H24F2IN3O4. The van der Waals surface area contributed by atoms with Gasteiger partial charge in [0.1, 0.15) is 5.75 Å². The molecule has 26 heavy (non-hydrogen) atoms. The molecule has 7 nitrogen and oxygen atoms in total. The van der Waals surface area contributed by atoms with Crippen molar-refractivity contribution in [3.05, 3.63) is 17.7 Å². The smallest absolute Gasteiger partial charge is 0.387 e. The molecule has 1 atom stereocenters. The zero-order valence-corrected chi connectivity index (χ0v) is 17.0. The van der Waals surface area contributed by atoms with Gasteiger partial charge >= 0.3 is 6.61 Å². The Labute approximate surface area is 168 Å². The van der Waals surface area contributed by atoms with E-state index >= 15 is 0 Å². The summed E-state index contributed by atoms with van der Waals surface area (Å²) < 4.78 is 40.3. The molecule has 0 spiro atoms.